The first-order chi connectivity index (χ1) is 8.85. The van der Waals surface area contributed by atoms with E-state index in [1.807, 2.05) is 6.92 Å². The standard InChI is InChI=1S/C13H20ClNO3S/c1-3-4-9-19(17,18)15-10(2)13(16)11-5-7-12(14)8-6-11/h5-8,10,13,15-16H,3-4,9H2,1-2H3. The summed E-state index contributed by atoms with van der Waals surface area (Å²) in [7, 11) is -3.34. The van der Waals surface area contributed by atoms with Crippen LogP contribution < -0.4 is 4.72 Å². The van der Waals surface area contributed by atoms with Gasteiger partial charge < -0.3 is 5.11 Å². The number of hydrogen-bond acceptors (Lipinski definition) is 3. The molecule has 0 aliphatic carbocycles. The maximum Gasteiger partial charge on any atom is 0.211 e. The third-order valence-electron chi connectivity index (χ3n) is 2.82. The van der Waals surface area contributed by atoms with Gasteiger partial charge in [0.2, 0.25) is 10.0 Å². The van der Waals surface area contributed by atoms with Crippen LogP contribution in [0, 0.1) is 0 Å². The van der Waals surface area contributed by atoms with Crippen molar-refractivity contribution in [3.63, 3.8) is 0 Å². The Labute approximate surface area is 119 Å². The summed E-state index contributed by atoms with van der Waals surface area (Å²) in [6.07, 6.45) is 0.530. The van der Waals surface area contributed by atoms with Gasteiger partial charge in [0.1, 0.15) is 0 Å². The van der Waals surface area contributed by atoms with Gasteiger partial charge in [-0.2, -0.15) is 0 Å². The van der Waals surface area contributed by atoms with E-state index in [0.29, 0.717) is 17.0 Å². The summed E-state index contributed by atoms with van der Waals surface area (Å²) >= 11 is 5.77. The van der Waals surface area contributed by atoms with E-state index in [9.17, 15) is 13.5 Å². The number of benzene rings is 1. The molecular formula is C13H20ClNO3S. The van der Waals surface area contributed by atoms with Crippen LogP contribution >= 0.6 is 11.6 Å². The Morgan fingerprint density at radius 2 is 1.89 bits per heavy atom. The first-order valence-corrected chi connectivity index (χ1v) is 8.32. The molecule has 1 rings (SSSR count). The molecule has 0 aromatic heterocycles. The highest BCUT2D eigenvalue weighted by Gasteiger charge is 2.21. The van der Waals surface area contributed by atoms with E-state index in [1.165, 1.54) is 0 Å². The van der Waals surface area contributed by atoms with Crippen molar-refractivity contribution >= 4 is 21.6 Å². The quantitative estimate of drug-likeness (QED) is 0.813. The Kier molecular flexibility index (Phi) is 6.26. The van der Waals surface area contributed by atoms with Crippen molar-refractivity contribution < 1.29 is 13.5 Å². The zero-order valence-electron chi connectivity index (χ0n) is 11.1. The lowest BCUT2D eigenvalue weighted by Crippen LogP contribution is -2.38. The Bertz CT molecular complexity index is 487. The number of aliphatic hydroxyl groups excluding tert-OH is 1. The number of unbranched alkanes of at least 4 members (excludes halogenated alkanes) is 1. The van der Waals surface area contributed by atoms with Crippen molar-refractivity contribution in [2.45, 2.75) is 38.8 Å². The van der Waals surface area contributed by atoms with Gasteiger partial charge >= 0.3 is 0 Å². The summed E-state index contributed by atoms with van der Waals surface area (Å²) in [5.41, 5.74) is 0.634. The van der Waals surface area contributed by atoms with E-state index < -0.39 is 22.2 Å². The molecule has 2 atom stereocenters. The van der Waals surface area contributed by atoms with Crippen LogP contribution in [0.4, 0.5) is 0 Å². The second kappa shape index (κ2) is 7.24. The minimum absolute atomic E-state index is 0.0845. The van der Waals surface area contributed by atoms with Gasteiger partial charge in [-0.15, -0.1) is 0 Å². The number of aliphatic hydroxyl groups is 1. The molecule has 4 nitrogen and oxygen atoms in total. The molecule has 2 N–H and O–H groups in total. The molecule has 1 aromatic rings. The Balaban J connectivity index is 2.67. The van der Waals surface area contributed by atoms with Crippen molar-refractivity contribution in [3.8, 4) is 0 Å². The van der Waals surface area contributed by atoms with E-state index in [1.54, 1.807) is 31.2 Å². The van der Waals surface area contributed by atoms with Gasteiger partial charge in [-0.05, 0) is 31.0 Å². The van der Waals surface area contributed by atoms with Crippen LogP contribution in [-0.2, 0) is 10.0 Å². The molecule has 2 unspecified atom stereocenters. The maximum absolute atomic E-state index is 11.7. The van der Waals surface area contributed by atoms with Crippen LogP contribution in [-0.4, -0.2) is 25.3 Å². The molecule has 0 spiro atoms. The number of nitrogens with one attached hydrogen (secondary N) is 1. The molecule has 0 saturated heterocycles. The van der Waals surface area contributed by atoms with Crippen LogP contribution in [0.2, 0.25) is 5.02 Å². The number of rotatable bonds is 7. The predicted octanol–water partition coefficient (Wildman–Crippen LogP) is 2.48. The number of halogens is 1. The van der Waals surface area contributed by atoms with Crippen LogP contribution in [0.15, 0.2) is 24.3 Å². The van der Waals surface area contributed by atoms with Crippen LogP contribution in [0.25, 0.3) is 0 Å². The fourth-order valence-corrected chi connectivity index (χ4v) is 3.30. The Morgan fingerprint density at radius 1 is 1.32 bits per heavy atom. The Hall–Kier alpha value is -0.620. The largest absolute Gasteiger partial charge is 0.387 e. The summed E-state index contributed by atoms with van der Waals surface area (Å²) in [6.45, 7) is 3.57. The smallest absolute Gasteiger partial charge is 0.211 e. The van der Waals surface area contributed by atoms with E-state index in [-0.39, 0.29) is 5.75 Å². The molecule has 0 fully saturated rings. The third kappa shape index (κ3) is 5.48. The lowest BCUT2D eigenvalue weighted by atomic mass is 10.0. The topological polar surface area (TPSA) is 66.4 Å². The van der Waals surface area contributed by atoms with E-state index >= 15 is 0 Å². The normalized spacial score (nSPS) is 15.2. The molecule has 0 radical (unpaired) electrons. The number of hydrogen-bond donors (Lipinski definition) is 2. The minimum atomic E-state index is -3.34. The van der Waals surface area contributed by atoms with E-state index in [4.69, 9.17) is 11.6 Å². The SMILES string of the molecule is CCCCS(=O)(=O)NC(C)C(O)c1ccc(Cl)cc1. The van der Waals surface area contributed by atoms with Crippen LogP contribution in [0.1, 0.15) is 38.4 Å². The van der Waals surface area contributed by atoms with Gasteiger partial charge in [0.15, 0.2) is 0 Å². The van der Waals surface area contributed by atoms with Crippen LogP contribution in [0.3, 0.4) is 0 Å². The first kappa shape index (κ1) is 16.4. The molecule has 6 heteroatoms. The fraction of sp³-hybridized carbons (Fsp3) is 0.538. The lowest BCUT2D eigenvalue weighted by Gasteiger charge is -2.20. The highest BCUT2D eigenvalue weighted by Crippen LogP contribution is 2.19. The molecule has 0 heterocycles. The molecule has 19 heavy (non-hydrogen) atoms. The maximum atomic E-state index is 11.7. The van der Waals surface area contributed by atoms with E-state index in [0.717, 1.165) is 6.42 Å². The monoisotopic (exact) mass is 305 g/mol. The molecule has 0 amide bonds. The zero-order valence-corrected chi connectivity index (χ0v) is 12.7. The predicted molar refractivity (Wildman–Crippen MR) is 77.7 cm³/mol. The molecule has 0 aliphatic rings. The highest BCUT2D eigenvalue weighted by atomic mass is 35.5. The molecule has 0 saturated carbocycles. The second-order valence-corrected chi connectivity index (χ2v) is 6.89. The average Bonchev–Trinajstić information content (AvgIpc) is 2.36. The minimum Gasteiger partial charge on any atom is -0.387 e. The van der Waals surface area contributed by atoms with Crippen molar-refractivity contribution in [2.24, 2.45) is 0 Å². The van der Waals surface area contributed by atoms with Gasteiger partial charge in [-0.1, -0.05) is 37.1 Å². The van der Waals surface area contributed by atoms with Crippen molar-refractivity contribution in [3.05, 3.63) is 34.9 Å². The van der Waals surface area contributed by atoms with Crippen molar-refractivity contribution in [1.82, 2.24) is 4.72 Å². The number of sulfonamides is 1. The van der Waals surface area contributed by atoms with Crippen molar-refractivity contribution in [2.75, 3.05) is 5.75 Å². The first-order valence-electron chi connectivity index (χ1n) is 6.29. The van der Waals surface area contributed by atoms with Gasteiger partial charge in [0.05, 0.1) is 11.9 Å². The molecule has 0 aliphatic heterocycles. The van der Waals surface area contributed by atoms with Crippen LogP contribution in [0.5, 0.6) is 0 Å². The zero-order chi connectivity index (χ0) is 14.5. The lowest BCUT2D eigenvalue weighted by molar-refractivity contribution is 0.146. The molecule has 0 bridgehead atoms. The van der Waals surface area contributed by atoms with E-state index in [2.05, 4.69) is 4.72 Å². The summed E-state index contributed by atoms with van der Waals surface area (Å²) < 4.78 is 26.0. The van der Waals surface area contributed by atoms with Gasteiger partial charge in [0.25, 0.3) is 0 Å². The summed E-state index contributed by atoms with van der Waals surface area (Å²) in [5, 5.41) is 10.7. The Morgan fingerprint density at radius 3 is 2.42 bits per heavy atom. The molecule has 1 aromatic carbocycles. The fourth-order valence-electron chi connectivity index (χ4n) is 1.69. The summed E-state index contributed by atoms with van der Waals surface area (Å²) in [5.74, 6) is 0.0845. The second-order valence-electron chi connectivity index (χ2n) is 4.58. The summed E-state index contributed by atoms with van der Waals surface area (Å²) in [4.78, 5) is 0. The molecule has 108 valence electrons. The van der Waals surface area contributed by atoms with Crippen molar-refractivity contribution in [1.29, 1.82) is 0 Å². The third-order valence-corrected chi connectivity index (χ3v) is 4.63. The van der Waals surface area contributed by atoms with Gasteiger partial charge in [-0.25, -0.2) is 13.1 Å². The summed E-state index contributed by atoms with van der Waals surface area (Å²) in [6, 6.07) is 6.12. The van der Waals surface area contributed by atoms with Gasteiger partial charge in [-0.3, -0.25) is 0 Å². The average molecular weight is 306 g/mol. The highest BCUT2D eigenvalue weighted by molar-refractivity contribution is 7.89. The van der Waals surface area contributed by atoms with Gasteiger partial charge in [0, 0.05) is 11.1 Å². The molecular weight excluding hydrogens is 286 g/mol.